The lowest BCUT2D eigenvalue weighted by atomic mass is 10.2. The lowest BCUT2D eigenvalue weighted by Gasteiger charge is -2.34. The molecule has 0 unspecified atom stereocenters. The fraction of sp³-hybridized carbons (Fsp3) is 0.857. The van der Waals surface area contributed by atoms with E-state index in [1.54, 1.807) is 0 Å². The first kappa shape index (κ1) is 18.9. The van der Waals surface area contributed by atoms with Gasteiger partial charge in [-0.25, -0.2) is 4.39 Å². The molecule has 0 fully saturated rings. The summed E-state index contributed by atoms with van der Waals surface area (Å²) in [5.74, 6) is -12.8. The van der Waals surface area contributed by atoms with Crippen molar-refractivity contribution in [1.82, 2.24) is 0 Å². The van der Waals surface area contributed by atoms with Crippen LogP contribution >= 0.6 is 0 Å². The van der Waals surface area contributed by atoms with Gasteiger partial charge in [-0.3, -0.25) is 4.74 Å². The van der Waals surface area contributed by atoms with Crippen molar-refractivity contribution in [3.8, 4) is 0 Å². The second-order valence-electron chi connectivity index (χ2n) is 3.29. The number of halogens is 11. The molecule has 0 aromatic heterocycles. The Labute approximate surface area is 102 Å². The lowest BCUT2D eigenvalue weighted by Crippen LogP contribution is -2.59. The number of ether oxygens (including phenoxy) is 1. The summed E-state index contributed by atoms with van der Waals surface area (Å²) in [5, 5.41) is 0. The zero-order chi connectivity index (χ0) is 16.6. The Bertz CT molecular complexity index is 357. The van der Waals surface area contributed by atoms with Gasteiger partial charge in [-0.1, -0.05) is 0 Å². The van der Waals surface area contributed by atoms with Crippen molar-refractivity contribution >= 4 is 6.29 Å². The van der Waals surface area contributed by atoms with Crippen LogP contribution in [-0.4, -0.2) is 36.5 Å². The third-order valence-corrected chi connectivity index (χ3v) is 1.78. The smallest absolute Gasteiger partial charge is 0.303 e. The van der Waals surface area contributed by atoms with Crippen molar-refractivity contribution in [3.63, 3.8) is 0 Å². The molecular weight excluding hydrogens is 325 g/mol. The number of hydrogen-bond donors (Lipinski definition) is 0. The van der Waals surface area contributed by atoms with Gasteiger partial charge in [0, 0.05) is 0 Å². The molecular formula is C7H3F11O2. The monoisotopic (exact) mass is 328 g/mol. The minimum Gasteiger partial charge on any atom is -0.303 e. The zero-order valence-corrected chi connectivity index (χ0v) is 8.76. The first-order valence-corrected chi connectivity index (χ1v) is 4.23. The zero-order valence-electron chi connectivity index (χ0n) is 8.76. The van der Waals surface area contributed by atoms with Crippen LogP contribution in [0, 0.1) is 0 Å². The van der Waals surface area contributed by atoms with Crippen LogP contribution in [0.3, 0.4) is 0 Å². The summed E-state index contributed by atoms with van der Waals surface area (Å²) in [6.07, 6.45) is -23.9. The van der Waals surface area contributed by atoms with Crippen LogP contribution < -0.4 is 0 Å². The number of aldehydes is 1. The molecule has 0 N–H and O–H groups in total. The van der Waals surface area contributed by atoms with Gasteiger partial charge in [0.05, 0.1) is 6.42 Å². The van der Waals surface area contributed by atoms with Gasteiger partial charge < -0.3 is 4.79 Å². The van der Waals surface area contributed by atoms with Crippen LogP contribution in [0.5, 0.6) is 0 Å². The summed E-state index contributed by atoms with van der Waals surface area (Å²) in [6, 6.07) is 0. The van der Waals surface area contributed by atoms with E-state index in [0.29, 0.717) is 0 Å². The van der Waals surface area contributed by atoms with E-state index in [2.05, 4.69) is 0 Å². The summed E-state index contributed by atoms with van der Waals surface area (Å²) < 4.78 is 135. The molecule has 1 atom stereocenters. The van der Waals surface area contributed by atoms with Crippen LogP contribution in [0.1, 0.15) is 6.42 Å². The molecule has 13 heteroatoms. The molecule has 2 nitrogen and oxygen atoms in total. The quantitative estimate of drug-likeness (QED) is 0.569. The first-order valence-electron chi connectivity index (χ1n) is 4.23. The fourth-order valence-electron chi connectivity index (χ4n) is 0.755. The van der Waals surface area contributed by atoms with E-state index in [-0.39, 0.29) is 0 Å². The molecule has 0 amide bonds. The maximum absolute atomic E-state index is 13.0. The van der Waals surface area contributed by atoms with E-state index in [1.165, 1.54) is 0 Å². The Balaban J connectivity index is 5.60. The SMILES string of the molecule is O=CC[C@@](F)(OC(F)(F)C(F)(F)C(F)(F)F)C(F)(F)F. The van der Waals surface area contributed by atoms with E-state index in [4.69, 9.17) is 0 Å². The average Bonchev–Trinajstić information content (AvgIpc) is 2.12. The normalized spacial score (nSPS) is 17.8. The Morgan fingerprint density at radius 1 is 0.750 bits per heavy atom. The van der Waals surface area contributed by atoms with Crippen LogP contribution in [-0.2, 0) is 9.53 Å². The van der Waals surface area contributed by atoms with Gasteiger partial charge in [0.15, 0.2) is 0 Å². The minimum absolute atomic E-state index is 0.977. The number of alkyl halides is 11. The Morgan fingerprint density at radius 3 is 1.40 bits per heavy atom. The molecule has 0 aromatic rings. The highest BCUT2D eigenvalue weighted by Crippen LogP contribution is 2.51. The largest absolute Gasteiger partial charge is 0.462 e. The van der Waals surface area contributed by atoms with E-state index < -0.39 is 42.9 Å². The molecule has 0 bridgehead atoms. The van der Waals surface area contributed by atoms with Crippen molar-refractivity contribution in [3.05, 3.63) is 0 Å². The number of carbonyl (C=O) groups excluding carboxylic acids is 1. The molecule has 20 heavy (non-hydrogen) atoms. The Hall–Kier alpha value is -1.14. The molecule has 0 saturated heterocycles. The maximum Gasteiger partial charge on any atom is 0.462 e. The molecule has 0 aromatic carbocycles. The predicted molar refractivity (Wildman–Crippen MR) is 37.6 cm³/mol. The molecule has 0 rings (SSSR count). The molecule has 0 aliphatic rings. The van der Waals surface area contributed by atoms with Crippen molar-refractivity contribution in [1.29, 1.82) is 0 Å². The van der Waals surface area contributed by atoms with Crippen molar-refractivity contribution in [2.24, 2.45) is 0 Å². The van der Waals surface area contributed by atoms with Crippen LogP contribution in [0.2, 0.25) is 0 Å². The molecule has 0 aliphatic carbocycles. The van der Waals surface area contributed by atoms with Crippen LogP contribution in [0.25, 0.3) is 0 Å². The van der Waals surface area contributed by atoms with E-state index in [9.17, 15) is 53.1 Å². The summed E-state index contributed by atoms with van der Waals surface area (Å²) in [4.78, 5) is 9.72. The number of hydrogen-bond acceptors (Lipinski definition) is 2. The average molecular weight is 328 g/mol. The topological polar surface area (TPSA) is 26.3 Å². The summed E-state index contributed by atoms with van der Waals surface area (Å²) in [7, 11) is 0. The summed E-state index contributed by atoms with van der Waals surface area (Å²) in [6.45, 7) is 0. The second-order valence-corrected chi connectivity index (χ2v) is 3.29. The predicted octanol–water partition coefficient (Wildman–Crippen LogP) is 3.61. The van der Waals surface area contributed by atoms with Gasteiger partial charge in [-0.2, -0.15) is 43.9 Å². The second kappa shape index (κ2) is 5.00. The third kappa shape index (κ3) is 3.30. The fourth-order valence-corrected chi connectivity index (χ4v) is 0.755. The van der Waals surface area contributed by atoms with Crippen molar-refractivity contribution in [2.45, 2.75) is 36.7 Å². The highest BCUT2D eigenvalue weighted by molar-refractivity contribution is 5.51. The van der Waals surface area contributed by atoms with Crippen LogP contribution in [0.15, 0.2) is 0 Å². The highest BCUT2D eigenvalue weighted by atomic mass is 19.4. The lowest BCUT2D eigenvalue weighted by molar-refractivity contribution is -0.481. The number of rotatable bonds is 5. The van der Waals surface area contributed by atoms with Gasteiger partial charge >= 0.3 is 30.2 Å². The maximum atomic E-state index is 13.0. The van der Waals surface area contributed by atoms with E-state index in [1.807, 2.05) is 4.74 Å². The highest BCUT2D eigenvalue weighted by Gasteiger charge is 2.78. The molecule has 0 aliphatic heterocycles. The first-order chi connectivity index (χ1) is 8.52. The van der Waals surface area contributed by atoms with Gasteiger partial charge in [-0.05, 0) is 0 Å². The molecule has 0 spiro atoms. The van der Waals surface area contributed by atoms with Crippen molar-refractivity contribution in [2.75, 3.05) is 0 Å². The minimum atomic E-state index is -7.11. The summed E-state index contributed by atoms with van der Waals surface area (Å²) in [5.41, 5.74) is 0. The molecule has 120 valence electrons. The van der Waals surface area contributed by atoms with Gasteiger partial charge in [0.25, 0.3) is 0 Å². The van der Waals surface area contributed by atoms with Gasteiger partial charge in [0.1, 0.15) is 6.29 Å². The van der Waals surface area contributed by atoms with Crippen molar-refractivity contribution < 1.29 is 57.8 Å². The Kier molecular flexibility index (Phi) is 4.72. The standard InChI is InChI=1S/C7H3F11O2/c8-3(1-2-19,5(11,12)13)20-7(17,18)4(9,10)6(14,15)16/h2H,1H2/t3-/m1/s1. The van der Waals surface area contributed by atoms with Crippen LogP contribution in [0.4, 0.5) is 48.3 Å². The van der Waals surface area contributed by atoms with Gasteiger partial charge in [-0.15, -0.1) is 0 Å². The molecule has 0 radical (unpaired) electrons. The molecule has 0 saturated carbocycles. The molecule has 0 heterocycles. The van der Waals surface area contributed by atoms with E-state index in [0.717, 1.165) is 0 Å². The Morgan fingerprint density at radius 2 is 1.15 bits per heavy atom. The number of carbonyl (C=O) groups is 1. The summed E-state index contributed by atoms with van der Waals surface area (Å²) >= 11 is 0. The third-order valence-electron chi connectivity index (χ3n) is 1.78. The van der Waals surface area contributed by atoms with E-state index >= 15 is 0 Å². The van der Waals surface area contributed by atoms with Gasteiger partial charge in [0.2, 0.25) is 0 Å².